The van der Waals surface area contributed by atoms with Crippen LogP contribution in [0, 0.1) is 11.3 Å². The van der Waals surface area contributed by atoms with Crippen molar-refractivity contribution in [1.29, 1.82) is 5.26 Å². The van der Waals surface area contributed by atoms with Crippen molar-refractivity contribution in [1.82, 2.24) is 0 Å². The van der Waals surface area contributed by atoms with Gasteiger partial charge >= 0.3 is 0 Å². The van der Waals surface area contributed by atoms with E-state index in [0.717, 1.165) is 25.7 Å². The van der Waals surface area contributed by atoms with Crippen molar-refractivity contribution in [2.45, 2.75) is 43.0 Å². The van der Waals surface area contributed by atoms with Gasteiger partial charge in [-0.1, -0.05) is 29.3 Å². The first-order chi connectivity index (χ1) is 5.70. The molecule has 0 amide bonds. The maximum absolute atomic E-state index is 8.88. The molecule has 0 aromatic heterocycles. The van der Waals surface area contributed by atoms with E-state index < -0.39 is 0 Å². The molecular formula is C9H14BrNO. The van der Waals surface area contributed by atoms with E-state index in [2.05, 4.69) is 28.9 Å². The summed E-state index contributed by atoms with van der Waals surface area (Å²) in [5, 5.41) is 8.88. The minimum absolute atomic E-state index is 0.280. The van der Waals surface area contributed by atoms with Crippen LogP contribution in [-0.2, 0) is 4.74 Å². The summed E-state index contributed by atoms with van der Waals surface area (Å²) in [5.74, 6) is 0. The van der Waals surface area contributed by atoms with Gasteiger partial charge in [-0.05, 0) is 12.8 Å². The molecule has 2 atom stereocenters. The Balaban J connectivity index is 2.46. The molecule has 1 saturated heterocycles. The van der Waals surface area contributed by atoms with E-state index in [0.29, 0.717) is 6.61 Å². The van der Waals surface area contributed by atoms with Crippen LogP contribution < -0.4 is 0 Å². The standard InChI is InChI=1S/C9H14BrNO/c1-2-3-8-6-9(10,7-11)4-5-12-8/h8H,2-6H2,1H3. The first-order valence-corrected chi connectivity index (χ1v) is 5.21. The van der Waals surface area contributed by atoms with Gasteiger partial charge < -0.3 is 4.74 Å². The van der Waals surface area contributed by atoms with Crippen LogP contribution in [-0.4, -0.2) is 17.0 Å². The first-order valence-electron chi connectivity index (χ1n) is 4.42. The Morgan fingerprint density at radius 2 is 2.50 bits per heavy atom. The molecule has 0 aliphatic carbocycles. The lowest BCUT2D eigenvalue weighted by molar-refractivity contribution is 0.00538. The normalized spacial score (nSPS) is 35.9. The monoisotopic (exact) mass is 231 g/mol. The quantitative estimate of drug-likeness (QED) is 0.685. The topological polar surface area (TPSA) is 33.0 Å². The number of rotatable bonds is 2. The predicted octanol–water partition coefficient (Wildman–Crippen LogP) is 2.62. The van der Waals surface area contributed by atoms with Gasteiger partial charge in [0, 0.05) is 13.0 Å². The van der Waals surface area contributed by atoms with E-state index in [4.69, 9.17) is 10.00 Å². The largest absolute Gasteiger partial charge is 0.378 e. The number of nitrogens with zero attached hydrogens (tertiary/aromatic N) is 1. The zero-order valence-electron chi connectivity index (χ0n) is 7.35. The minimum atomic E-state index is -0.314. The Labute approximate surface area is 82.0 Å². The van der Waals surface area contributed by atoms with Crippen LogP contribution in [0.4, 0.5) is 0 Å². The molecule has 0 radical (unpaired) electrons. The van der Waals surface area contributed by atoms with Gasteiger partial charge in [-0.3, -0.25) is 0 Å². The number of hydrogen-bond acceptors (Lipinski definition) is 2. The van der Waals surface area contributed by atoms with Gasteiger partial charge in [0.25, 0.3) is 0 Å². The molecule has 0 saturated carbocycles. The second-order valence-corrected chi connectivity index (χ2v) is 4.83. The Hall–Kier alpha value is -0.0700. The van der Waals surface area contributed by atoms with Crippen molar-refractivity contribution in [3.05, 3.63) is 0 Å². The molecule has 3 heteroatoms. The Bertz CT molecular complexity index is 187. The van der Waals surface area contributed by atoms with Gasteiger partial charge in [-0.2, -0.15) is 5.26 Å². The number of ether oxygens (including phenoxy) is 1. The Kier molecular flexibility index (Phi) is 3.54. The molecule has 0 bridgehead atoms. The summed E-state index contributed by atoms with van der Waals surface area (Å²) in [7, 11) is 0. The maximum Gasteiger partial charge on any atom is 0.117 e. The molecule has 0 spiro atoms. The Morgan fingerprint density at radius 1 is 1.75 bits per heavy atom. The molecule has 0 N–H and O–H groups in total. The molecule has 1 rings (SSSR count). The highest BCUT2D eigenvalue weighted by atomic mass is 79.9. The highest BCUT2D eigenvalue weighted by Crippen LogP contribution is 2.33. The summed E-state index contributed by atoms with van der Waals surface area (Å²) in [6, 6.07) is 2.31. The van der Waals surface area contributed by atoms with Crippen LogP contribution in [0.25, 0.3) is 0 Å². The third-order valence-electron chi connectivity index (χ3n) is 2.21. The smallest absolute Gasteiger partial charge is 0.117 e. The number of hydrogen-bond donors (Lipinski definition) is 0. The summed E-state index contributed by atoms with van der Waals surface area (Å²) < 4.78 is 5.22. The Morgan fingerprint density at radius 3 is 3.08 bits per heavy atom. The van der Waals surface area contributed by atoms with Crippen molar-refractivity contribution >= 4 is 15.9 Å². The van der Waals surface area contributed by atoms with Crippen LogP contribution in [0.1, 0.15) is 32.6 Å². The zero-order valence-corrected chi connectivity index (χ0v) is 8.93. The van der Waals surface area contributed by atoms with Crippen molar-refractivity contribution < 1.29 is 4.74 Å². The second-order valence-electron chi connectivity index (χ2n) is 3.31. The molecule has 2 nitrogen and oxygen atoms in total. The fourth-order valence-electron chi connectivity index (χ4n) is 1.52. The van der Waals surface area contributed by atoms with Crippen LogP contribution >= 0.6 is 15.9 Å². The lowest BCUT2D eigenvalue weighted by Gasteiger charge is -2.31. The fraction of sp³-hybridized carbons (Fsp3) is 0.889. The van der Waals surface area contributed by atoms with Gasteiger partial charge in [-0.15, -0.1) is 0 Å². The second kappa shape index (κ2) is 4.25. The summed E-state index contributed by atoms with van der Waals surface area (Å²) in [4.78, 5) is 0. The molecule has 2 unspecified atom stereocenters. The molecule has 68 valence electrons. The first kappa shape index (κ1) is 10.0. The molecular weight excluding hydrogens is 218 g/mol. The highest BCUT2D eigenvalue weighted by Gasteiger charge is 2.34. The SMILES string of the molecule is CCCC1CC(Br)(C#N)CCO1. The lowest BCUT2D eigenvalue weighted by atomic mass is 9.95. The van der Waals surface area contributed by atoms with Crippen molar-refractivity contribution in [3.8, 4) is 6.07 Å². The molecule has 1 heterocycles. The van der Waals surface area contributed by atoms with Gasteiger partial charge in [0.15, 0.2) is 0 Å². The maximum atomic E-state index is 8.88. The van der Waals surface area contributed by atoms with Crippen molar-refractivity contribution in [2.75, 3.05) is 6.61 Å². The average Bonchev–Trinajstić information content (AvgIpc) is 2.05. The van der Waals surface area contributed by atoms with Crippen LogP contribution in [0.15, 0.2) is 0 Å². The third kappa shape index (κ3) is 2.46. The molecule has 1 aliphatic heterocycles. The van der Waals surface area contributed by atoms with E-state index in [1.54, 1.807) is 0 Å². The molecule has 12 heavy (non-hydrogen) atoms. The minimum Gasteiger partial charge on any atom is -0.378 e. The summed E-state index contributed by atoms with van der Waals surface area (Å²) >= 11 is 3.46. The number of alkyl halides is 1. The van der Waals surface area contributed by atoms with Crippen molar-refractivity contribution in [2.24, 2.45) is 0 Å². The average molecular weight is 232 g/mol. The van der Waals surface area contributed by atoms with Crippen molar-refractivity contribution in [3.63, 3.8) is 0 Å². The molecule has 0 aromatic carbocycles. The van der Waals surface area contributed by atoms with E-state index in [1.807, 2.05) is 0 Å². The van der Waals surface area contributed by atoms with Crippen LogP contribution in [0.2, 0.25) is 0 Å². The van der Waals surface area contributed by atoms with E-state index in [9.17, 15) is 0 Å². The van der Waals surface area contributed by atoms with Gasteiger partial charge in [-0.25, -0.2) is 0 Å². The summed E-state index contributed by atoms with van der Waals surface area (Å²) in [6.45, 7) is 2.85. The van der Waals surface area contributed by atoms with Gasteiger partial charge in [0.1, 0.15) is 4.32 Å². The number of halogens is 1. The molecule has 1 aliphatic rings. The van der Waals surface area contributed by atoms with Gasteiger partial charge in [0.05, 0.1) is 12.2 Å². The molecule has 1 fully saturated rings. The summed E-state index contributed by atoms with van der Waals surface area (Å²) in [5.41, 5.74) is 0. The van der Waals surface area contributed by atoms with E-state index in [1.165, 1.54) is 0 Å². The highest BCUT2D eigenvalue weighted by molar-refractivity contribution is 9.10. The zero-order chi connectivity index (χ0) is 9.03. The van der Waals surface area contributed by atoms with E-state index >= 15 is 0 Å². The number of nitriles is 1. The van der Waals surface area contributed by atoms with Crippen LogP contribution in [0.3, 0.4) is 0 Å². The van der Waals surface area contributed by atoms with Crippen LogP contribution in [0.5, 0.6) is 0 Å². The molecule has 0 aromatic rings. The predicted molar refractivity (Wildman–Crippen MR) is 51.2 cm³/mol. The van der Waals surface area contributed by atoms with Gasteiger partial charge in [0.2, 0.25) is 0 Å². The summed E-state index contributed by atoms with van der Waals surface area (Å²) in [6.07, 6.45) is 4.11. The third-order valence-corrected chi connectivity index (χ3v) is 3.11. The lowest BCUT2D eigenvalue weighted by Crippen LogP contribution is -2.34. The fourth-order valence-corrected chi connectivity index (χ4v) is 2.04. The van der Waals surface area contributed by atoms with E-state index in [-0.39, 0.29) is 10.4 Å².